The third-order valence-corrected chi connectivity index (χ3v) is 2.89. The molecular weight excluding hydrogens is 178 g/mol. The van der Waals surface area contributed by atoms with E-state index in [1.807, 2.05) is 0 Å². The molecule has 0 aliphatic heterocycles. The molecule has 0 unspecified atom stereocenters. The fraction of sp³-hybridized carbons (Fsp3) is 0.909. The van der Waals surface area contributed by atoms with Crippen molar-refractivity contribution in [1.82, 2.24) is 5.32 Å². The van der Waals surface area contributed by atoms with Crippen LogP contribution in [-0.4, -0.2) is 26.2 Å². The van der Waals surface area contributed by atoms with Gasteiger partial charge in [0, 0.05) is 6.54 Å². The van der Waals surface area contributed by atoms with Gasteiger partial charge < -0.3 is 10.1 Å². The fourth-order valence-electron chi connectivity index (χ4n) is 1.99. The van der Waals surface area contributed by atoms with E-state index < -0.39 is 0 Å². The molecule has 0 aromatic rings. The van der Waals surface area contributed by atoms with Crippen molar-refractivity contribution < 1.29 is 9.53 Å². The fourth-order valence-corrected chi connectivity index (χ4v) is 1.99. The zero-order valence-corrected chi connectivity index (χ0v) is 9.05. The van der Waals surface area contributed by atoms with Gasteiger partial charge in [0.25, 0.3) is 0 Å². The summed E-state index contributed by atoms with van der Waals surface area (Å²) in [5.74, 6) is 0.711. The molecule has 0 atom stereocenters. The van der Waals surface area contributed by atoms with Gasteiger partial charge in [0.15, 0.2) is 0 Å². The summed E-state index contributed by atoms with van der Waals surface area (Å²) in [5, 5.41) is 3.32. The standard InChI is InChI=1S/C11H21NO2/c1-14-11(13)7-8-12-9-10-5-3-2-4-6-10/h10,12H,2-9H2,1H3. The van der Waals surface area contributed by atoms with Crippen molar-refractivity contribution in [2.75, 3.05) is 20.2 Å². The molecule has 0 amide bonds. The van der Waals surface area contributed by atoms with Gasteiger partial charge in [-0.25, -0.2) is 0 Å². The van der Waals surface area contributed by atoms with Crippen molar-refractivity contribution in [2.45, 2.75) is 38.5 Å². The molecule has 3 nitrogen and oxygen atoms in total. The SMILES string of the molecule is COC(=O)CCNCC1CCCCC1. The number of carbonyl (C=O) groups is 1. The van der Waals surface area contributed by atoms with E-state index in [0.717, 1.165) is 19.0 Å². The maximum atomic E-state index is 10.8. The zero-order chi connectivity index (χ0) is 10.2. The van der Waals surface area contributed by atoms with E-state index in [1.165, 1.54) is 39.2 Å². The van der Waals surface area contributed by atoms with Crippen molar-refractivity contribution >= 4 is 5.97 Å². The van der Waals surface area contributed by atoms with Crippen LogP contribution in [0.5, 0.6) is 0 Å². The highest BCUT2D eigenvalue weighted by Gasteiger charge is 2.12. The third-order valence-electron chi connectivity index (χ3n) is 2.89. The lowest BCUT2D eigenvalue weighted by Crippen LogP contribution is -2.26. The lowest BCUT2D eigenvalue weighted by atomic mass is 9.89. The second-order valence-electron chi connectivity index (χ2n) is 4.03. The van der Waals surface area contributed by atoms with Gasteiger partial charge in [0.05, 0.1) is 13.5 Å². The Labute approximate surface area is 86.2 Å². The summed E-state index contributed by atoms with van der Waals surface area (Å²) in [7, 11) is 1.43. The first kappa shape index (κ1) is 11.5. The average molecular weight is 199 g/mol. The minimum absolute atomic E-state index is 0.124. The normalized spacial score (nSPS) is 18.1. The van der Waals surface area contributed by atoms with E-state index in [-0.39, 0.29) is 5.97 Å². The van der Waals surface area contributed by atoms with E-state index >= 15 is 0 Å². The van der Waals surface area contributed by atoms with Crippen molar-refractivity contribution in [3.63, 3.8) is 0 Å². The van der Waals surface area contributed by atoms with Crippen LogP contribution >= 0.6 is 0 Å². The molecule has 0 spiro atoms. The largest absolute Gasteiger partial charge is 0.469 e. The molecule has 0 aromatic carbocycles. The minimum atomic E-state index is -0.124. The summed E-state index contributed by atoms with van der Waals surface area (Å²) in [5.41, 5.74) is 0. The van der Waals surface area contributed by atoms with E-state index in [4.69, 9.17) is 0 Å². The molecule has 1 fully saturated rings. The molecule has 1 saturated carbocycles. The Hall–Kier alpha value is -0.570. The van der Waals surface area contributed by atoms with Crippen LogP contribution in [0.4, 0.5) is 0 Å². The first-order valence-electron chi connectivity index (χ1n) is 5.60. The van der Waals surface area contributed by atoms with Crippen LogP contribution in [0, 0.1) is 5.92 Å². The van der Waals surface area contributed by atoms with Crippen molar-refractivity contribution in [2.24, 2.45) is 5.92 Å². The number of hydrogen-bond acceptors (Lipinski definition) is 3. The predicted molar refractivity (Wildman–Crippen MR) is 56.1 cm³/mol. The van der Waals surface area contributed by atoms with Gasteiger partial charge in [-0.05, 0) is 25.3 Å². The van der Waals surface area contributed by atoms with Gasteiger partial charge in [-0.2, -0.15) is 0 Å². The number of methoxy groups -OCH3 is 1. The van der Waals surface area contributed by atoms with Gasteiger partial charge in [-0.15, -0.1) is 0 Å². The molecule has 82 valence electrons. The monoisotopic (exact) mass is 199 g/mol. The Bertz CT molecular complexity index is 165. The van der Waals surface area contributed by atoms with Crippen LogP contribution in [0.3, 0.4) is 0 Å². The number of rotatable bonds is 5. The number of ether oxygens (including phenoxy) is 1. The summed E-state index contributed by atoms with van der Waals surface area (Å²) in [6, 6.07) is 0. The van der Waals surface area contributed by atoms with Crippen molar-refractivity contribution in [3.8, 4) is 0 Å². The molecule has 1 N–H and O–H groups in total. The molecule has 14 heavy (non-hydrogen) atoms. The van der Waals surface area contributed by atoms with Crippen LogP contribution in [0.15, 0.2) is 0 Å². The van der Waals surface area contributed by atoms with Crippen LogP contribution in [0.1, 0.15) is 38.5 Å². The van der Waals surface area contributed by atoms with Crippen LogP contribution in [-0.2, 0) is 9.53 Å². The van der Waals surface area contributed by atoms with E-state index in [9.17, 15) is 4.79 Å². The van der Waals surface area contributed by atoms with Gasteiger partial charge in [0.1, 0.15) is 0 Å². The molecule has 0 bridgehead atoms. The highest BCUT2D eigenvalue weighted by Crippen LogP contribution is 2.22. The second-order valence-corrected chi connectivity index (χ2v) is 4.03. The first-order chi connectivity index (χ1) is 6.83. The number of carbonyl (C=O) groups excluding carboxylic acids is 1. The van der Waals surface area contributed by atoms with Crippen LogP contribution in [0.25, 0.3) is 0 Å². The maximum absolute atomic E-state index is 10.8. The highest BCUT2D eigenvalue weighted by atomic mass is 16.5. The second kappa shape index (κ2) is 6.82. The molecule has 0 heterocycles. The van der Waals surface area contributed by atoms with Gasteiger partial charge in [-0.3, -0.25) is 4.79 Å². The Balaban J connectivity index is 1.94. The Morgan fingerprint density at radius 1 is 1.36 bits per heavy atom. The molecule has 1 rings (SSSR count). The summed E-state index contributed by atoms with van der Waals surface area (Å²) < 4.78 is 4.56. The summed E-state index contributed by atoms with van der Waals surface area (Å²) >= 11 is 0. The van der Waals surface area contributed by atoms with Crippen LogP contribution in [0.2, 0.25) is 0 Å². The zero-order valence-electron chi connectivity index (χ0n) is 9.05. The number of hydrogen-bond donors (Lipinski definition) is 1. The highest BCUT2D eigenvalue weighted by molar-refractivity contribution is 5.69. The summed E-state index contributed by atoms with van der Waals surface area (Å²) in [6.45, 7) is 1.82. The smallest absolute Gasteiger partial charge is 0.306 e. The molecule has 0 radical (unpaired) electrons. The maximum Gasteiger partial charge on any atom is 0.306 e. The molecule has 3 heteroatoms. The van der Waals surface area contributed by atoms with Gasteiger partial charge >= 0.3 is 5.97 Å². The van der Waals surface area contributed by atoms with E-state index in [1.54, 1.807) is 0 Å². The predicted octanol–water partition coefficient (Wildman–Crippen LogP) is 1.72. The number of nitrogens with one attached hydrogen (secondary N) is 1. The Morgan fingerprint density at radius 3 is 2.71 bits per heavy atom. The molecule has 1 aliphatic carbocycles. The van der Waals surface area contributed by atoms with Gasteiger partial charge in [0.2, 0.25) is 0 Å². The molecular formula is C11H21NO2. The van der Waals surface area contributed by atoms with Crippen LogP contribution < -0.4 is 5.32 Å². The molecule has 0 saturated heterocycles. The van der Waals surface area contributed by atoms with E-state index in [2.05, 4.69) is 10.1 Å². The average Bonchev–Trinajstić information content (AvgIpc) is 2.25. The first-order valence-corrected chi connectivity index (χ1v) is 5.60. The Morgan fingerprint density at radius 2 is 2.07 bits per heavy atom. The van der Waals surface area contributed by atoms with Crippen molar-refractivity contribution in [1.29, 1.82) is 0 Å². The minimum Gasteiger partial charge on any atom is -0.469 e. The summed E-state index contributed by atoms with van der Waals surface area (Å²) in [4.78, 5) is 10.8. The Kier molecular flexibility index (Phi) is 5.60. The third kappa shape index (κ3) is 4.61. The molecule has 1 aliphatic rings. The molecule has 0 aromatic heterocycles. The topological polar surface area (TPSA) is 38.3 Å². The lowest BCUT2D eigenvalue weighted by molar-refractivity contribution is -0.140. The van der Waals surface area contributed by atoms with Gasteiger partial charge in [-0.1, -0.05) is 19.3 Å². The summed E-state index contributed by atoms with van der Waals surface area (Å²) in [6.07, 6.45) is 7.35. The lowest BCUT2D eigenvalue weighted by Gasteiger charge is -2.21. The number of esters is 1. The quantitative estimate of drug-likeness (QED) is 0.541. The van der Waals surface area contributed by atoms with Crippen molar-refractivity contribution in [3.05, 3.63) is 0 Å². The van der Waals surface area contributed by atoms with E-state index in [0.29, 0.717) is 6.42 Å².